The maximum atomic E-state index is 13.8. The molecular formula is C30H24Cl2N4O2. The van der Waals surface area contributed by atoms with Crippen LogP contribution in [0.5, 0.6) is 0 Å². The number of carbonyl (C=O) groups excluding carboxylic acids is 2. The van der Waals surface area contributed by atoms with Gasteiger partial charge in [-0.05, 0) is 47.9 Å². The third-order valence-corrected chi connectivity index (χ3v) is 7.26. The number of nitrogens with one attached hydrogen (secondary N) is 1. The molecule has 0 saturated carbocycles. The number of benzene rings is 3. The topological polar surface area (TPSA) is 74.7 Å². The quantitative estimate of drug-likeness (QED) is 0.341. The lowest BCUT2D eigenvalue weighted by atomic mass is 9.91. The second kappa shape index (κ2) is 11.2. The summed E-state index contributed by atoms with van der Waals surface area (Å²) in [5.41, 5.74) is 4.61. The van der Waals surface area contributed by atoms with E-state index in [1.807, 2.05) is 60.7 Å². The van der Waals surface area contributed by atoms with Gasteiger partial charge in [0.05, 0.1) is 27.4 Å². The summed E-state index contributed by atoms with van der Waals surface area (Å²) in [5.74, 6) is -1.29. The number of anilines is 1. The monoisotopic (exact) mass is 542 g/mol. The molecule has 1 unspecified atom stereocenters. The van der Waals surface area contributed by atoms with Crippen LogP contribution in [0.25, 0.3) is 0 Å². The zero-order valence-electron chi connectivity index (χ0n) is 20.5. The number of hydrogen-bond acceptors (Lipinski definition) is 4. The predicted molar refractivity (Wildman–Crippen MR) is 151 cm³/mol. The first kappa shape index (κ1) is 25.6. The Morgan fingerprint density at radius 1 is 0.947 bits per heavy atom. The molecule has 8 heteroatoms. The van der Waals surface area contributed by atoms with Crippen LogP contribution in [0.1, 0.15) is 28.2 Å². The van der Waals surface area contributed by atoms with Gasteiger partial charge in [0, 0.05) is 30.6 Å². The van der Waals surface area contributed by atoms with Gasteiger partial charge in [0.2, 0.25) is 12.1 Å². The predicted octanol–water partition coefficient (Wildman–Crippen LogP) is 5.67. The number of hydrogen-bond donors (Lipinski definition) is 1. The molecule has 38 heavy (non-hydrogen) atoms. The zero-order chi connectivity index (χ0) is 26.6. The zero-order valence-corrected chi connectivity index (χ0v) is 22.0. The molecule has 4 aromatic rings. The molecule has 3 aromatic carbocycles. The molecule has 0 radical (unpaired) electrons. The fourth-order valence-corrected chi connectivity index (χ4v) is 4.86. The molecular weight excluding hydrogens is 519 g/mol. The molecule has 0 fully saturated rings. The number of para-hydroxylation sites is 1. The Balaban J connectivity index is 1.52. The smallest absolute Gasteiger partial charge is 0.272 e. The van der Waals surface area contributed by atoms with Gasteiger partial charge < -0.3 is 10.2 Å². The Hall–Kier alpha value is -4.00. The van der Waals surface area contributed by atoms with Crippen LogP contribution in [-0.2, 0) is 16.0 Å². The highest BCUT2D eigenvalue weighted by Crippen LogP contribution is 2.29. The fraction of sp³-hybridized carbons (Fsp3) is 0.133. The average Bonchev–Trinajstić information content (AvgIpc) is 3.05. The number of halogens is 2. The second-order valence-corrected chi connectivity index (χ2v) is 9.77. The SMILES string of the molecule is CN1C(=O)[C@@H](NC(=O)C(Cc2ccc(Cl)c(Cl)c2)c2ccncc2)N=C(c2ccccc2)c2ccccc21. The number of likely N-dealkylation sites (N-methyl/N-ethyl adjacent to an activating group) is 1. The van der Waals surface area contributed by atoms with Crippen molar-refractivity contribution in [1.82, 2.24) is 10.3 Å². The maximum Gasteiger partial charge on any atom is 0.272 e. The molecule has 1 aliphatic heterocycles. The normalized spacial score (nSPS) is 15.8. The summed E-state index contributed by atoms with van der Waals surface area (Å²) in [5, 5.41) is 3.77. The van der Waals surface area contributed by atoms with Gasteiger partial charge >= 0.3 is 0 Å². The van der Waals surface area contributed by atoms with Crippen LogP contribution in [0.3, 0.4) is 0 Å². The van der Waals surface area contributed by atoms with Crippen molar-refractivity contribution in [2.45, 2.75) is 18.5 Å². The summed E-state index contributed by atoms with van der Waals surface area (Å²) >= 11 is 12.3. The Bertz CT molecular complexity index is 1510. The summed E-state index contributed by atoms with van der Waals surface area (Å²) in [4.78, 5) is 37.8. The number of benzodiazepines with no additional fused rings is 1. The highest BCUT2D eigenvalue weighted by atomic mass is 35.5. The highest BCUT2D eigenvalue weighted by molar-refractivity contribution is 6.42. The molecule has 5 rings (SSSR count). The molecule has 2 heterocycles. The Kier molecular flexibility index (Phi) is 7.54. The van der Waals surface area contributed by atoms with Gasteiger partial charge in [0.25, 0.3) is 5.91 Å². The number of nitrogens with zero attached hydrogens (tertiary/aromatic N) is 3. The van der Waals surface area contributed by atoms with Crippen molar-refractivity contribution in [3.05, 3.63) is 130 Å². The van der Waals surface area contributed by atoms with Crippen molar-refractivity contribution in [1.29, 1.82) is 0 Å². The largest absolute Gasteiger partial charge is 0.326 e. The highest BCUT2D eigenvalue weighted by Gasteiger charge is 2.33. The molecule has 0 bridgehead atoms. The standard InChI is InChI=1S/C30H24Cl2N4O2/c1-36-26-10-6-5-9-22(26)27(21-7-3-2-4-8-21)34-28(30(36)38)35-29(37)23(20-13-15-33-16-14-20)17-19-11-12-24(31)25(32)18-19/h2-16,18,23,28H,17H2,1H3,(H,35,37)/t23?,28-/m1/s1. The number of rotatable bonds is 6. The number of amides is 2. The van der Waals surface area contributed by atoms with Crippen LogP contribution in [0.4, 0.5) is 5.69 Å². The molecule has 190 valence electrons. The van der Waals surface area contributed by atoms with Crippen LogP contribution in [-0.4, -0.2) is 35.7 Å². The van der Waals surface area contributed by atoms with Crippen molar-refractivity contribution in [3.8, 4) is 0 Å². The first-order valence-corrected chi connectivity index (χ1v) is 12.8. The van der Waals surface area contributed by atoms with Crippen molar-refractivity contribution in [2.75, 3.05) is 11.9 Å². The van der Waals surface area contributed by atoms with E-state index in [4.69, 9.17) is 28.2 Å². The molecule has 1 aromatic heterocycles. The fourth-order valence-electron chi connectivity index (χ4n) is 4.54. The number of aromatic nitrogens is 1. The molecule has 2 amide bonds. The minimum Gasteiger partial charge on any atom is -0.326 e. The Morgan fingerprint density at radius 2 is 1.66 bits per heavy atom. The van der Waals surface area contributed by atoms with E-state index in [1.54, 1.807) is 48.6 Å². The first-order valence-electron chi connectivity index (χ1n) is 12.1. The Labute approximate surface area is 231 Å². The molecule has 0 aliphatic carbocycles. The van der Waals surface area contributed by atoms with Gasteiger partial charge in [-0.3, -0.25) is 14.6 Å². The summed E-state index contributed by atoms with van der Waals surface area (Å²) in [6.45, 7) is 0. The molecule has 0 saturated heterocycles. The molecule has 2 atom stereocenters. The lowest BCUT2D eigenvalue weighted by molar-refractivity contribution is -0.128. The third-order valence-electron chi connectivity index (χ3n) is 6.52. The van der Waals surface area contributed by atoms with E-state index in [9.17, 15) is 9.59 Å². The van der Waals surface area contributed by atoms with Gasteiger partial charge in [-0.15, -0.1) is 0 Å². The maximum absolute atomic E-state index is 13.8. The van der Waals surface area contributed by atoms with E-state index in [0.717, 1.165) is 27.9 Å². The van der Waals surface area contributed by atoms with Crippen LogP contribution >= 0.6 is 23.2 Å². The van der Waals surface area contributed by atoms with Crippen LogP contribution in [0, 0.1) is 0 Å². The van der Waals surface area contributed by atoms with Crippen LogP contribution in [0.2, 0.25) is 10.0 Å². The number of carbonyl (C=O) groups is 2. The van der Waals surface area contributed by atoms with E-state index < -0.39 is 12.1 Å². The number of aliphatic imine (C=N–C) groups is 1. The second-order valence-electron chi connectivity index (χ2n) is 8.95. The van der Waals surface area contributed by atoms with Crippen LogP contribution in [0.15, 0.2) is 102 Å². The summed E-state index contributed by atoms with van der Waals surface area (Å²) < 4.78 is 0. The molecule has 1 aliphatic rings. The van der Waals surface area contributed by atoms with Gasteiger partial charge in [-0.2, -0.15) is 0 Å². The van der Waals surface area contributed by atoms with E-state index >= 15 is 0 Å². The number of pyridine rings is 1. The van der Waals surface area contributed by atoms with Gasteiger partial charge in [0.15, 0.2) is 0 Å². The van der Waals surface area contributed by atoms with Gasteiger partial charge in [-0.25, -0.2) is 4.99 Å². The van der Waals surface area contributed by atoms with Gasteiger partial charge in [0.1, 0.15) is 0 Å². The lowest BCUT2D eigenvalue weighted by Crippen LogP contribution is -2.47. The number of fused-ring (bicyclic) bond motifs is 1. The average molecular weight is 543 g/mol. The Morgan fingerprint density at radius 3 is 2.39 bits per heavy atom. The van der Waals surface area contributed by atoms with Crippen molar-refractivity contribution < 1.29 is 9.59 Å². The summed E-state index contributed by atoms with van der Waals surface area (Å²) in [7, 11) is 1.69. The van der Waals surface area contributed by atoms with E-state index in [2.05, 4.69) is 10.3 Å². The minimum absolute atomic E-state index is 0.334. The van der Waals surface area contributed by atoms with Crippen molar-refractivity contribution in [3.63, 3.8) is 0 Å². The third kappa shape index (κ3) is 5.32. The van der Waals surface area contributed by atoms with Gasteiger partial charge in [-0.1, -0.05) is 77.8 Å². The van der Waals surface area contributed by atoms with Crippen molar-refractivity contribution in [2.24, 2.45) is 4.99 Å². The van der Waals surface area contributed by atoms with E-state index in [-0.39, 0.29) is 11.8 Å². The van der Waals surface area contributed by atoms with Crippen molar-refractivity contribution >= 4 is 46.4 Å². The molecule has 6 nitrogen and oxygen atoms in total. The van der Waals surface area contributed by atoms with E-state index in [0.29, 0.717) is 22.2 Å². The first-order chi connectivity index (χ1) is 18.4. The molecule has 0 spiro atoms. The van der Waals surface area contributed by atoms with Crippen LogP contribution < -0.4 is 10.2 Å². The lowest BCUT2D eigenvalue weighted by Gasteiger charge is -2.23. The minimum atomic E-state index is -1.12. The summed E-state index contributed by atoms with van der Waals surface area (Å²) in [6, 6.07) is 26.1. The van der Waals surface area contributed by atoms with E-state index in [1.165, 1.54) is 0 Å². The summed E-state index contributed by atoms with van der Waals surface area (Å²) in [6.07, 6.45) is 2.50. The molecule has 1 N–H and O–H groups in total.